The van der Waals surface area contributed by atoms with Crippen molar-refractivity contribution in [2.24, 2.45) is 22.7 Å². The van der Waals surface area contributed by atoms with Crippen LogP contribution < -0.4 is 0 Å². The maximum absolute atomic E-state index is 12.4. The molecule has 3 aliphatic rings. The maximum Gasteiger partial charge on any atom is 0.311 e. The van der Waals surface area contributed by atoms with E-state index in [2.05, 4.69) is 6.92 Å². The van der Waals surface area contributed by atoms with E-state index in [0.717, 1.165) is 19.3 Å². The summed E-state index contributed by atoms with van der Waals surface area (Å²) in [6, 6.07) is 0. The lowest BCUT2D eigenvalue weighted by molar-refractivity contribution is -0.188. The van der Waals surface area contributed by atoms with Crippen LogP contribution in [0.3, 0.4) is 0 Å². The van der Waals surface area contributed by atoms with E-state index in [1.807, 2.05) is 20.8 Å². The topological polar surface area (TPSA) is 52.6 Å². The van der Waals surface area contributed by atoms with E-state index < -0.39 is 5.41 Å². The van der Waals surface area contributed by atoms with Crippen molar-refractivity contribution >= 4 is 11.8 Å². The quantitative estimate of drug-likeness (QED) is 0.745. The van der Waals surface area contributed by atoms with Gasteiger partial charge >= 0.3 is 5.97 Å². The molecule has 5 atom stereocenters. The number of Topliss-reactive ketones (excluding diaryl/α,β-unsaturated/α-hetero) is 1. The van der Waals surface area contributed by atoms with Gasteiger partial charge in [-0.15, -0.1) is 0 Å². The van der Waals surface area contributed by atoms with Crippen LogP contribution in [-0.4, -0.2) is 30.6 Å². The van der Waals surface area contributed by atoms with Gasteiger partial charge < -0.3 is 9.47 Å². The lowest BCUT2D eigenvalue weighted by Gasteiger charge is -2.42. The van der Waals surface area contributed by atoms with E-state index in [1.54, 1.807) is 0 Å². The summed E-state index contributed by atoms with van der Waals surface area (Å²) < 4.78 is 11.6. The van der Waals surface area contributed by atoms with Gasteiger partial charge in [0.05, 0.1) is 11.5 Å². The van der Waals surface area contributed by atoms with Crippen LogP contribution >= 0.6 is 0 Å². The second-order valence-electron chi connectivity index (χ2n) is 7.64. The Hall–Kier alpha value is -0.900. The summed E-state index contributed by atoms with van der Waals surface area (Å²) in [5.41, 5.74) is -0.544. The van der Waals surface area contributed by atoms with Crippen LogP contribution in [0.2, 0.25) is 0 Å². The molecule has 4 nitrogen and oxygen atoms in total. The number of fused-ring (bicyclic) bond motifs is 1. The summed E-state index contributed by atoms with van der Waals surface area (Å²) in [4.78, 5) is 24.2. The molecule has 0 radical (unpaired) electrons. The molecule has 4 heteroatoms. The van der Waals surface area contributed by atoms with Crippen LogP contribution in [0.1, 0.15) is 47.0 Å². The minimum absolute atomic E-state index is 0.0759. The molecule has 3 rings (SSSR count). The molecule has 5 unspecified atom stereocenters. The van der Waals surface area contributed by atoms with Crippen LogP contribution in [0, 0.1) is 22.7 Å². The fourth-order valence-electron chi connectivity index (χ4n) is 4.09. The molecule has 2 bridgehead atoms. The smallest absolute Gasteiger partial charge is 0.311 e. The number of ketones is 1. The van der Waals surface area contributed by atoms with Gasteiger partial charge in [0.15, 0.2) is 5.78 Å². The van der Waals surface area contributed by atoms with E-state index in [4.69, 9.17) is 9.47 Å². The van der Waals surface area contributed by atoms with Crippen molar-refractivity contribution in [2.75, 3.05) is 6.61 Å². The minimum atomic E-state index is -0.456. The van der Waals surface area contributed by atoms with Crippen molar-refractivity contribution in [3.8, 4) is 0 Å². The molecular weight excluding hydrogens is 256 g/mol. The highest BCUT2D eigenvalue weighted by Gasteiger charge is 2.65. The number of carbonyl (C=O) groups excluding carboxylic acids is 2. The first-order valence-electron chi connectivity index (χ1n) is 7.64. The summed E-state index contributed by atoms with van der Waals surface area (Å²) in [6.45, 7) is 8.15. The average molecular weight is 280 g/mol. The molecule has 0 aromatic carbocycles. The van der Waals surface area contributed by atoms with Gasteiger partial charge in [-0.3, -0.25) is 9.59 Å². The van der Waals surface area contributed by atoms with Crippen molar-refractivity contribution in [2.45, 2.75) is 59.2 Å². The van der Waals surface area contributed by atoms with Crippen LogP contribution in [0.4, 0.5) is 0 Å². The Balaban J connectivity index is 1.79. The predicted molar refractivity (Wildman–Crippen MR) is 73.0 cm³/mol. The summed E-state index contributed by atoms with van der Waals surface area (Å²) in [5.74, 6) is 0.473. The SMILES string of the molecule is CCC(C)(C)C(=O)OC1C2OCC(=O)C3CC1(C)CC32. The zero-order valence-corrected chi connectivity index (χ0v) is 12.8. The summed E-state index contributed by atoms with van der Waals surface area (Å²) in [6.07, 6.45) is 2.29. The number of rotatable bonds is 3. The second kappa shape index (κ2) is 4.30. The Morgan fingerprint density at radius 1 is 1.45 bits per heavy atom. The molecule has 3 fully saturated rings. The van der Waals surface area contributed by atoms with Crippen molar-refractivity contribution in [1.29, 1.82) is 0 Å². The number of hydrogen-bond acceptors (Lipinski definition) is 4. The molecule has 0 amide bonds. The number of ether oxygens (including phenoxy) is 2. The molecule has 0 aromatic heterocycles. The number of carbonyl (C=O) groups is 2. The van der Waals surface area contributed by atoms with Gasteiger partial charge in [0, 0.05) is 11.3 Å². The Kier molecular flexibility index (Phi) is 3.02. The first kappa shape index (κ1) is 14.1. The van der Waals surface area contributed by atoms with Crippen molar-refractivity contribution in [1.82, 2.24) is 0 Å². The van der Waals surface area contributed by atoms with Crippen LogP contribution in [0.5, 0.6) is 0 Å². The average Bonchev–Trinajstić information content (AvgIpc) is 2.88. The molecule has 0 N–H and O–H groups in total. The Morgan fingerprint density at radius 2 is 2.15 bits per heavy atom. The first-order valence-corrected chi connectivity index (χ1v) is 7.64. The Labute approximate surface area is 120 Å². The van der Waals surface area contributed by atoms with E-state index in [-0.39, 0.29) is 47.8 Å². The van der Waals surface area contributed by atoms with Gasteiger partial charge in [-0.25, -0.2) is 0 Å². The van der Waals surface area contributed by atoms with E-state index >= 15 is 0 Å². The maximum atomic E-state index is 12.4. The Morgan fingerprint density at radius 3 is 2.80 bits per heavy atom. The minimum Gasteiger partial charge on any atom is -0.459 e. The largest absolute Gasteiger partial charge is 0.459 e. The number of esters is 1. The van der Waals surface area contributed by atoms with Crippen LogP contribution in [0.25, 0.3) is 0 Å². The lowest BCUT2D eigenvalue weighted by Crippen LogP contribution is -2.52. The second-order valence-corrected chi connectivity index (χ2v) is 7.64. The molecule has 1 heterocycles. The fraction of sp³-hybridized carbons (Fsp3) is 0.875. The predicted octanol–water partition coefficient (Wildman–Crippen LogP) is 2.35. The molecule has 1 aliphatic heterocycles. The highest BCUT2D eigenvalue weighted by atomic mass is 16.6. The first-order chi connectivity index (χ1) is 9.28. The standard InChI is InChI=1S/C16H24O4/c1-5-15(2,3)14(18)20-13-12-10-7-16(13,4)6-9(10)11(17)8-19-12/h9-10,12-13H,5-8H2,1-4H3. The highest BCUT2D eigenvalue weighted by molar-refractivity contribution is 5.84. The van der Waals surface area contributed by atoms with Gasteiger partial charge in [-0.05, 0) is 39.0 Å². The molecule has 0 aromatic rings. The molecule has 112 valence electrons. The highest BCUT2D eigenvalue weighted by Crippen LogP contribution is 2.60. The van der Waals surface area contributed by atoms with Gasteiger partial charge in [-0.1, -0.05) is 13.8 Å². The van der Waals surface area contributed by atoms with Crippen molar-refractivity contribution < 1.29 is 19.1 Å². The Bertz CT molecular complexity index is 455. The van der Waals surface area contributed by atoms with Crippen LogP contribution in [0.15, 0.2) is 0 Å². The normalized spacial score (nSPS) is 42.9. The number of hydrogen-bond donors (Lipinski definition) is 0. The molecular formula is C16H24O4. The molecule has 2 aliphatic carbocycles. The summed E-state index contributed by atoms with van der Waals surface area (Å²) >= 11 is 0. The van der Waals surface area contributed by atoms with Gasteiger partial charge in [0.25, 0.3) is 0 Å². The van der Waals surface area contributed by atoms with E-state index in [0.29, 0.717) is 0 Å². The third-order valence-corrected chi connectivity index (χ3v) is 5.81. The van der Waals surface area contributed by atoms with Crippen LogP contribution in [-0.2, 0) is 19.1 Å². The van der Waals surface area contributed by atoms with Gasteiger partial charge in [-0.2, -0.15) is 0 Å². The van der Waals surface area contributed by atoms with E-state index in [9.17, 15) is 9.59 Å². The van der Waals surface area contributed by atoms with Gasteiger partial charge in [0.2, 0.25) is 0 Å². The molecule has 0 spiro atoms. The third-order valence-electron chi connectivity index (χ3n) is 5.81. The van der Waals surface area contributed by atoms with Gasteiger partial charge in [0.1, 0.15) is 12.7 Å². The zero-order valence-electron chi connectivity index (χ0n) is 12.8. The third kappa shape index (κ3) is 1.84. The molecule has 1 saturated heterocycles. The summed E-state index contributed by atoms with van der Waals surface area (Å²) in [7, 11) is 0. The summed E-state index contributed by atoms with van der Waals surface area (Å²) in [5, 5.41) is 0. The van der Waals surface area contributed by atoms with Crippen molar-refractivity contribution in [3.05, 3.63) is 0 Å². The monoisotopic (exact) mass is 280 g/mol. The molecule has 2 saturated carbocycles. The lowest BCUT2D eigenvalue weighted by atomic mass is 9.74. The van der Waals surface area contributed by atoms with E-state index in [1.165, 1.54) is 0 Å². The zero-order chi connectivity index (χ0) is 14.7. The van der Waals surface area contributed by atoms with Crippen molar-refractivity contribution in [3.63, 3.8) is 0 Å². The molecule has 20 heavy (non-hydrogen) atoms. The fourth-order valence-corrected chi connectivity index (χ4v) is 4.09.